The van der Waals surface area contributed by atoms with Crippen LogP contribution in [0.15, 0.2) is 59.8 Å². The lowest BCUT2D eigenvalue weighted by Gasteiger charge is -2.27. The Hall–Kier alpha value is -2.69. The van der Waals surface area contributed by atoms with Gasteiger partial charge < -0.3 is 5.11 Å². The fraction of sp³-hybridized carbons (Fsp3) is 0.333. The lowest BCUT2D eigenvalue weighted by molar-refractivity contribution is 0.194. The molecule has 0 spiro atoms. The highest BCUT2D eigenvalue weighted by molar-refractivity contribution is 7.89. The van der Waals surface area contributed by atoms with Crippen LogP contribution in [0.3, 0.4) is 0 Å². The lowest BCUT2D eigenvalue weighted by atomic mass is 10.2. The van der Waals surface area contributed by atoms with Crippen LogP contribution in [0.5, 0.6) is 0 Å². The van der Waals surface area contributed by atoms with E-state index >= 15 is 0 Å². The van der Waals surface area contributed by atoms with Crippen LogP contribution in [0.2, 0.25) is 0 Å². The van der Waals surface area contributed by atoms with Gasteiger partial charge in [-0.3, -0.25) is 4.98 Å². The maximum atomic E-state index is 13.3. The number of pyridine rings is 1. The van der Waals surface area contributed by atoms with Crippen molar-refractivity contribution in [2.45, 2.75) is 36.4 Å². The van der Waals surface area contributed by atoms with Gasteiger partial charge in [-0.05, 0) is 41.0 Å². The molecule has 1 N–H and O–H groups in total. The zero-order valence-corrected chi connectivity index (χ0v) is 15.9. The van der Waals surface area contributed by atoms with Crippen molar-refractivity contribution in [3.63, 3.8) is 0 Å². The number of nitrogens with zero attached hydrogens (tertiary/aromatic N) is 6. The second-order valence-electron chi connectivity index (χ2n) is 6.63. The predicted octanol–water partition coefficient (Wildman–Crippen LogP) is 1.00. The van der Waals surface area contributed by atoms with Crippen molar-refractivity contribution in [3.05, 3.63) is 66.2 Å². The van der Waals surface area contributed by atoms with Gasteiger partial charge in [0.2, 0.25) is 10.0 Å². The molecule has 2 aromatic heterocycles. The number of rotatable bonds is 6. The van der Waals surface area contributed by atoms with Gasteiger partial charge in [-0.2, -0.15) is 4.31 Å². The molecule has 0 unspecified atom stereocenters. The van der Waals surface area contributed by atoms with E-state index in [-0.39, 0.29) is 11.5 Å². The molecule has 9 nitrogen and oxygen atoms in total. The maximum Gasteiger partial charge on any atom is 0.245 e. The Balaban J connectivity index is 1.71. The normalized spacial score (nSPS) is 20.5. The summed E-state index contributed by atoms with van der Waals surface area (Å²) in [5.74, 6) is 0.465. The number of benzene rings is 1. The highest BCUT2D eigenvalue weighted by Gasteiger charge is 2.45. The van der Waals surface area contributed by atoms with Crippen molar-refractivity contribution in [3.8, 4) is 0 Å². The highest BCUT2D eigenvalue weighted by Crippen LogP contribution is 2.39. The second-order valence-corrected chi connectivity index (χ2v) is 8.48. The molecule has 1 saturated heterocycles. The van der Waals surface area contributed by atoms with Crippen LogP contribution in [0.25, 0.3) is 0 Å². The monoisotopic (exact) mass is 400 g/mol. The zero-order chi connectivity index (χ0) is 19.6. The van der Waals surface area contributed by atoms with Crippen LogP contribution in [0.1, 0.15) is 30.3 Å². The molecule has 3 heterocycles. The number of hydrogen-bond donors (Lipinski definition) is 1. The summed E-state index contributed by atoms with van der Waals surface area (Å²) in [5.41, 5.74) is 1.01. The van der Waals surface area contributed by atoms with Crippen LogP contribution in [-0.4, -0.2) is 55.7 Å². The standard InChI is InChI=1S/C18H20N6O3S/c25-13-15-8-9-17(24(15)28(26,27)16-7-4-10-19-11-16)18-20-21-22-23(18)12-14-5-2-1-3-6-14/h1-7,10-11,15,17,25H,8-9,12-13H2/t15-,17-/m0/s1. The first-order valence-corrected chi connectivity index (χ1v) is 10.4. The smallest absolute Gasteiger partial charge is 0.245 e. The summed E-state index contributed by atoms with van der Waals surface area (Å²) >= 11 is 0. The molecule has 0 aliphatic carbocycles. The molecule has 1 aliphatic heterocycles. The van der Waals surface area contributed by atoms with Crippen molar-refractivity contribution >= 4 is 10.0 Å². The molecule has 10 heteroatoms. The first-order chi connectivity index (χ1) is 13.6. The molecule has 28 heavy (non-hydrogen) atoms. The molecule has 1 aliphatic rings. The van der Waals surface area contributed by atoms with Crippen LogP contribution in [0, 0.1) is 0 Å². The molecule has 0 radical (unpaired) electrons. The maximum absolute atomic E-state index is 13.3. The van der Waals surface area contributed by atoms with Crippen molar-refractivity contribution in [1.29, 1.82) is 0 Å². The summed E-state index contributed by atoms with van der Waals surface area (Å²) in [6, 6.07) is 11.7. The van der Waals surface area contributed by atoms with Crippen molar-refractivity contribution < 1.29 is 13.5 Å². The summed E-state index contributed by atoms with van der Waals surface area (Å²) in [6.07, 6.45) is 3.88. The number of tetrazole rings is 1. The van der Waals surface area contributed by atoms with E-state index in [0.717, 1.165) is 5.56 Å². The Morgan fingerprint density at radius 1 is 1.11 bits per heavy atom. The minimum atomic E-state index is -3.86. The van der Waals surface area contributed by atoms with E-state index in [1.165, 1.54) is 22.8 Å². The molecule has 0 bridgehead atoms. The minimum absolute atomic E-state index is 0.0856. The Kier molecular flexibility index (Phi) is 5.16. The summed E-state index contributed by atoms with van der Waals surface area (Å²) in [5, 5.41) is 21.7. The first-order valence-electron chi connectivity index (χ1n) is 8.95. The average Bonchev–Trinajstić information content (AvgIpc) is 3.36. The zero-order valence-electron chi connectivity index (χ0n) is 15.0. The third-order valence-electron chi connectivity index (χ3n) is 4.89. The summed E-state index contributed by atoms with van der Waals surface area (Å²) < 4.78 is 29.5. The van der Waals surface area contributed by atoms with Crippen molar-refractivity contribution in [2.75, 3.05) is 6.61 Å². The van der Waals surface area contributed by atoms with Gasteiger partial charge in [0.15, 0.2) is 5.82 Å². The number of aliphatic hydroxyl groups is 1. The number of aromatic nitrogens is 5. The largest absolute Gasteiger partial charge is 0.395 e. The van der Waals surface area contributed by atoms with E-state index in [9.17, 15) is 13.5 Å². The van der Waals surface area contributed by atoms with Crippen LogP contribution >= 0.6 is 0 Å². The van der Waals surface area contributed by atoms with Gasteiger partial charge in [0.25, 0.3) is 0 Å². The molecule has 146 valence electrons. The SMILES string of the molecule is O=S(=O)(c1cccnc1)N1[C@H](CO)CC[C@H]1c1nnnn1Cc1ccccc1. The van der Waals surface area contributed by atoms with Crippen molar-refractivity contribution in [2.24, 2.45) is 0 Å². The Morgan fingerprint density at radius 3 is 2.64 bits per heavy atom. The fourth-order valence-corrected chi connectivity index (χ4v) is 5.37. The van der Waals surface area contributed by atoms with Gasteiger partial charge in [0.05, 0.1) is 19.2 Å². The Bertz CT molecular complexity index is 1030. The molecule has 4 rings (SSSR count). The van der Waals surface area contributed by atoms with E-state index in [4.69, 9.17) is 0 Å². The second kappa shape index (κ2) is 7.74. The summed E-state index contributed by atoms with van der Waals surface area (Å²) in [4.78, 5) is 4.01. The lowest BCUT2D eigenvalue weighted by Crippen LogP contribution is -2.40. The quantitative estimate of drug-likeness (QED) is 0.656. The first kappa shape index (κ1) is 18.7. The van der Waals surface area contributed by atoms with Gasteiger partial charge >= 0.3 is 0 Å². The van der Waals surface area contributed by atoms with Crippen molar-refractivity contribution in [1.82, 2.24) is 29.5 Å². The average molecular weight is 400 g/mol. The third kappa shape index (κ3) is 3.41. The van der Waals surface area contributed by atoms with Gasteiger partial charge in [-0.25, -0.2) is 13.1 Å². The number of hydrogen-bond acceptors (Lipinski definition) is 7. The molecule has 3 aromatic rings. The predicted molar refractivity (Wildman–Crippen MR) is 99.5 cm³/mol. The van der Waals surface area contributed by atoms with E-state index in [0.29, 0.717) is 25.2 Å². The van der Waals surface area contributed by atoms with E-state index in [1.54, 1.807) is 10.7 Å². The van der Waals surface area contributed by atoms with Gasteiger partial charge in [-0.1, -0.05) is 30.3 Å². The van der Waals surface area contributed by atoms with E-state index in [2.05, 4.69) is 20.5 Å². The molecular weight excluding hydrogens is 380 g/mol. The van der Waals surface area contributed by atoms with Crippen LogP contribution < -0.4 is 0 Å². The fourth-order valence-electron chi connectivity index (χ4n) is 3.58. The summed E-state index contributed by atoms with van der Waals surface area (Å²) in [7, 11) is -3.86. The third-order valence-corrected chi connectivity index (χ3v) is 6.84. The van der Waals surface area contributed by atoms with Gasteiger partial charge in [0.1, 0.15) is 4.90 Å². The van der Waals surface area contributed by atoms with Crippen LogP contribution in [0.4, 0.5) is 0 Å². The molecule has 0 amide bonds. The minimum Gasteiger partial charge on any atom is -0.395 e. The Morgan fingerprint density at radius 2 is 1.93 bits per heavy atom. The van der Waals surface area contributed by atoms with Gasteiger partial charge in [0, 0.05) is 18.4 Å². The van der Waals surface area contributed by atoms with Gasteiger partial charge in [-0.15, -0.1) is 5.10 Å². The molecule has 0 saturated carbocycles. The number of sulfonamides is 1. The molecular formula is C18H20N6O3S. The summed E-state index contributed by atoms with van der Waals surface area (Å²) in [6.45, 7) is 0.167. The number of aliphatic hydroxyl groups excluding tert-OH is 1. The van der Waals surface area contributed by atoms with E-state index < -0.39 is 22.1 Å². The Labute approximate surface area is 162 Å². The highest BCUT2D eigenvalue weighted by atomic mass is 32.2. The topological polar surface area (TPSA) is 114 Å². The molecule has 1 aromatic carbocycles. The molecule has 1 fully saturated rings. The van der Waals surface area contributed by atoms with E-state index in [1.807, 2.05) is 30.3 Å². The van der Waals surface area contributed by atoms with Crippen LogP contribution in [-0.2, 0) is 16.6 Å². The molecule has 2 atom stereocenters.